The van der Waals surface area contributed by atoms with Crippen molar-refractivity contribution in [3.8, 4) is 0 Å². The Hall–Kier alpha value is -1.30. The molecule has 0 saturated carbocycles. The van der Waals surface area contributed by atoms with Crippen molar-refractivity contribution >= 4 is 12.0 Å². The second kappa shape index (κ2) is 7.92. The van der Waals surface area contributed by atoms with Gasteiger partial charge in [-0.25, -0.2) is 4.79 Å². The van der Waals surface area contributed by atoms with E-state index in [0.717, 1.165) is 25.9 Å². The molecule has 0 aromatic carbocycles. The number of nitrogens with one attached hydrogen (secondary N) is 1. The molecule has 0 bridgehead atoms. The number of rotatable bonds is 8. The lowest BCUT2D eigenvalue weighted by Gasteiger charge is -2.36. The summed E-state index contributed by atoms with van der Waals surface area (Å²) in [6.45, 7) is 4.73. The van der Waals surface area contributed by atoms with Crippen molar-refractivity contribution < 1.29 is 19.4 Å². The average Bonchev–Trinajstić information content (AvgIpc) is 2.25. The first-order chi connectivity index (χ1) is 8.65. The van der Waals surface area contributed by atoms with Crippen LogP contribution >= 0.6 is 0 Å². The first kappa shape index (κ1) is 14.8. The van der Waals surface area contributed by atoms with Crippen molar-refractivity contribution in [2.75, 3.05) is 32.8 Å². The van der Waals surface area contributed by atoms with E-state index in [1.807, 2.05) is 0 Å². The minimum absolute atomic E-state index is 0.180. The summed E-state index contributed by atoms with van der Waals surface area (Å²) >= 11 is 0. The van der Waals surface area contributed by atoms with Crippen LogP contribution in [0.4, 0.5) is 4.79 Å². The highest BCUT2D eigenvalue weighted by Gasteiger charge is 2.35. The summed E-state index contributed by atoms with van der Waals surface area (Å²) in [5.41, 5.74) is 0. The smallest absolute Gasteiger partial charge is 0.317 e. The van der Waals surface area contributed by atoms with Crippen molar-refractivity contribution in [3.63, 3.8) is 0 Å². The molecule has 18 heavy (non-hydrogen) atoms. The Kier molecular flexibility index (Phi) is 6.49. The highest BCUT2D eigenvalue weighted by Crippen LogP contribution is 2.14. The molecule has 0 atom stereocenters. The number of likely N-dealkylation sites (tertiary alicyclic amines) is 1. The highest BCUT2D eigenvalue weighted by molar-refractivity contribution is 5.79. The van der Waals surface area contributed by atoms with Crippen LogP contribution in [0, 0.1) is 5.92 Å². The summed E-state index contributed by atoms with van der Waals surface area (Å²) in [5.74, 6) is -1.23. The molecule has 1 rings (SSSR count). The van der Waals surface area contributed by atoms with Gasteiger partial charge >= 0.3 is 12.0 Å². The quantitative estimate of drug-likeness (QED) is 0.634. The molecular weight excluding hydrogens is 236 g/mol. The fourth-order valence-corrected chi connectivity index (χ4v) is 1.63. The van der Waals surface area contributed by atoms with Crippen molar-refractivity contribution in [2.24, 2.45) is 5.92 Å². The number of carbonyl (C=O) groups excluding carboxylic acids is 1. The molecule has 0 aliphatic carbocycles. The molecule has 6 heteroatoms. The van der Waals surface area contributed by atoms with Crippen LogP contribution in [0.2, 0.25) is 0 Å². The maximum Gasteiger partial charge on any atom is 0.317 e. The van der Waals surface area contributed by atoms with Crippen LogP contribution in [0.25, 0.3) is 0 Å². The Balaban J connectivity index is 1.94. The lowest BCUT2D eigenvalue weighted by molar-refractivity contribution is -0.146. The predicted molar refractivity (Wildman–Crippen MR) is 66.4 cm³/mol. The Morgan fingerprint density at radius 1 is 1.33 bits per heavy atom. The van der Waals surface area contributed by atoms with Gasteiger partial charge in [-0.1, -0.05) is 13.3 Å². The number of unbranched alkanes of at least 4 members (excludes halogenated alkanes) is 1. The first-order valence-corrected chi connectivity index (χ1v) is 6.48. The molecule has 1 fully saturated rings. The van der Waals surface area contributed by atoms with E-state index >= 15 is 0 Å². The van der Waals surface area contributed by atoms with Gasteiger partial charge in [0.2, 0.25) is 0 Å². The van der Waals surface area contributed by atoms with Crippen LogP contribution in [0.3, 0.4) is 0 Å². The van der Waals surface area contributed by atoms with Gasteiger partial charge in [0.05, 0.1) is 5.92 Å². The van der Waals surface area contributed by atoms with Gasteiger partial charge in [0, 0.05) is 32.8 Å². The lowest BCUT2D eigenvalue weighted by atomic mass is 10.0. The third-order valence-electron chi connectivity index (χ3n) is 2.90. The first-order valence-electron chi connectivity index (χ1n) is 6.48. The van der Waals surface area contributed by atoms with Crippen molar-refractivity contribution in [3.05, 3.63) is 0 Å². The van der Waals surface area contributed by atoms with Crippen LogP contribution in [-0.4, -0.2) is 54.9 Å². The van der Waals surface area contributed by atoms with Crippen molar-refractivity contribution in [2.45, 2.75) is 26.2 Å². The van der Waals surface area contributed by atoms with E-state index in [2.05, 4.69) is 12.2 Å². The number of carboxylic acid groups (broad SMARTS) is 1. The van der Waals surface area contributed by atoms with Gasteiger partial charge < -0.3 is 20.1 Å². The molecule has 6 nitrogen and oxygen atoms in total. The Bertz CT molecular complexity index is 277. The minimum atomic E-state index is -0.830. The second-order valence-electron chi connectivity index (χ2n) is 4.49. The van der Waals surface area contributed by atoms with Gasteiger partial charge in [-0.05, 0) is 12.8 Å². The minimum Gasteiger partial charge on any atom is -0.481 e. The molecule has 2 amide bonds. The molecule has 1 heterocycles. The number of ether oxygens (including phenoxy) is 1. The highest BCUT2D eigenvalue weighted by atomic mass is 16.5. The Morgan fingerprint density at radius 2 is 2.00 bits per heavy atom. The summed E-state index contributed by atoms with van der Waals surface area (Å²) in [7, 11) is 0. The number of carboxylic acids is 1. The largest absolute Gasteiger partial charge is 0.481 e. The molecule has 1 aliphatic rings. The van der Waals surface area contributed by atoms with E-state index in [0.29, 0.717) is 26.2 Å². The number of hydrogen-bond donors (Lipinski definition) is 2. The summed E-state index contributed by atoms with van der Waals surface area (Å²) < 4.78 is 5.36. The van der Waals surface area contributed by atoms with Gasteiger partial charge in [-0.3, -0.25) is 4.79 Å². The fraction of sp³-hybridized carbons (Fsp3) is 0.833. The average molecular weight is 258 g/mol. The second-order valence-corrected chi connectivity index (χ2v) is 4.49. The van der Waals surface area contributed by atoms with Crippen molar-refractivity contribution in [1.29, 1.82) is 0 Å². The summed E-state index contributed by atoms with van der Waals surface area (Å²) in [6.07, 6.45) is 2.97. The molecule has 104 valence electrons. The summed E-state index contributed by atoms with van der Waals surface area (Å²) in [4.78, 5) is 23.6. The molecule has 2 N–H and O–H groups in total. The summed E-state index contributed by atoms with van der Waals surface area (Å²) in [6, 6.07) is -0.180. The zero-order valence-electron chi connectivity index (χ0n) is 10.9. The number of nitrogens with zero attached hydrogens (tertiary/aromatic N) is 1. The van der Waals surface area contributed by atoms with Crippen LogP contribution in [0.5, 0.6) is 0 Å². The van der Waals surface area contributed by atoms with Gasteiger partial charge in [0.1, 0.15) is 0 Å². The molecule has 0 unspecified atom stereocenters. The van der Waals surface area contributed by atoms with Crippen LogP contribution < -0.4 is 5.32 Å². The van der Waals surface area contributed by atoms with E-state index in [1.54, 1.807) is 0 Å². The normalized spacial score (nSPS) is 15.3. The molecule has 0 aromatic heterocycles. The van der Waals surface area contributed by atoms with E-state index in [4.69, 9.17) is 9.84 Å². The van der Waals surface area contributed by atoms with E-state index in [9.17, 15) is 9.59 Å². The van der Waals surface area contributed by atoms with Gasteiger partial charge in [0.15, 0.2) is 0 Å². The molecule has 1 saturated heterocycles. The van der Waals surface area contributed by atoms with E-state index in [1.165, 1.54) is 4.90 Å². The maximum absolute atomic E-state index is 11.5. The standard InChI is InChI=1S/C12H22N2O4/c1-2-3-6-18-7-4-5-13-12(17)14-8-10(9-14)11(15)16/h10H,2-9H2,1H3,(H,13,17)(H,15,16). The number of carbonyl (C=O) groups is 2. The Morgan fingerprint density at radius 3 is 2.61 bits per heavy atom. The topological polar surface area (TPSA) is 78.9 Å². The third-order valence-corrected chi connectivity index (χ3v) is 2.90. The molecular formula is C12H22N2O4. The number of amides is 2. The SMILES string of the molecule is CCCCOCCCNC(=O)N1CC(C(=O)O)C1. The zero-order valence-corrected chi connectivity index (χ0v) is 10.9. The van der Waals surface area contributed by atoms with Gasteiger partial charge in [-0.15, -0.1) is 0 Å². The molecule has 1 aliphatic heterocycles. The van der Waals surface area contributed by atoms with E-state index in [-0.39, 0.29) is 6.03 Å². The Labute approximate surface area is 107 Å². The monoisotopic (exact) mass is 258 g/mol. The molecule has 0 spiro atoms. The molecule has 0 aromatic rings. The molecule has 0 radical (unpaired) electrons. The van der Waals surface area contributed by atoms with Crippen LogP contribution in [0.1, 0.15) is 26.2 Å². The van der Waals surface area contributed by atoms with Gasteiger partial charge in [-0.2, -0.15) is 0 Å². The maximum atomic E-state index is 11.5. The summed E-state index contributed by atoms with van der Waals surface area (Å²) in [5, 5.41) is 11.4. The van der Waals surface area contributed by atoms with Crippen LogP contribution in [-0.2, 0) is 9.53 Å². The zero-order chi connectivity index (χ0) is 13.4. The third kappa shape index (κ3) is 4.91. The number of hydrogen-bond acceptors (Lipinski definition) is 3. The number of urea groups is 1. The lowest BCUT2D eigenvalue weighted by Crippen LogP contribution is -2.56. The van der Waals surface area contributed by atoms with Crippen molar-refractivity contribution in [1.82, 2.24) is 10.2 Å². The van der Waals surface area contributed by atoms with Gasteiger partial charge in [0.25, 0.3) is 0 Å². The van der Waals surface area contributed by atoms with Crippen LogP contribution in [0.15, 0.2) is 0 Å². The predicted octanol–water partition coefficient (Wildman–Crippen LogP) is 0.919. The fourth-order valence-electron chi connectivity index (χ4n) is 1.63. The number of aliphatic carboxylic acids is 1. The van der Waals surface area contributed by atoms with E-state index < -0.39 is 11.9 Å².